The van der Waals surface area contributed by atoms with Crippen LogP contribution in [0.2, 0.25) is 0 Å². The molecule has 1 saturated heterocycles. The van der Waals surface area contributed by atoms with Crippen LogP contribution in [-0.4, -0.2) is 83.7 Å². The van der Waals surface area contributed by atoms with Crippen LogP contribution in [0, 0.1) is 6.92 Å². The van der Waals surface area contributed by atoms with Crippen LogP contribution in [0.25, 0.3) is 11.2 Å². The van der Waals surface area contributed by atoms with Crippen LogP contribution in [-0.2, 0) is 10.4 Å². The lowest BCUT2D eigenvalue weighted by atomic mass is 9.85. The summed E-state index contributed by atoms with van der Waals surface area (Å²) in [6.45, 7) is 3.59. The number of aliphatic hydroxyl groups is 1. The largest absolute Gasteiger partial charge is 0.457 e. The minimum atomic E-state index is -1.11. The Balaban J connectivity index is 1.19. The second-order valence-corrected chi connectivity index (χ2v) is 10.8. The van der Waals surface area contributed by atoms with Crippen molar-refractivity contribution in [1.82, 2.24) is 39.0 Å². The maximum absolute atomic E-state index is 12.6. The molecule has 216 valence electrons. The van der Waals surface area contributed by atoms with Gasteiger partial charge in [0.2, 0.25) is 5.91 Å². The summed E-state index contributed by atoms with van der Waals surface area (Å²) in [5.41, 5.74) is 2.77. The molecule has 1 fully saturated rings. The van der Waals surface area contributed by atoms with E-state index in [1.165, 1.54) is 12.7 Å². The fourth-order valence-electron chi connectivity index (χ4n) is 5.22. The van der Waals surface area contributed by atoms with Crippen molar-refractivity contribution in [3.63, 3.8) is 0 Å². The van der Waals surface area contributed by atoms with Gasteiger partial charge in [0, 0.05) is 55.4 Å². The molecule has 5 aromatic rings. The van der Waals surface area contributed by atoms with E-state index in [2.05, 4.69) is 25.5 Å². The first kappa shape index (κ1) is 27.4. The lowest BCUT2D eigenvalue weighted by molar-refractivity contribution is -0.130. The van der Waals surface area contributed by atoms with E-state index >= 15 is 0 Å². The van der Waals surface area contributed by atoms with Crippen LogP contribution in [0.15, 0.2) is 73.6 Å². The average molecular weight is 568 g/mol. The third kappa shape index (κ3) is 5.54. The van der Waals surface area contributed by atoms with Crippen molar-refractivity contribution in [2.75, 3.05) is 39.0 Å². The van der Waals surface area contributed by atoms with Crippen molar-refractivity contribution in [1.29, 1.82) is 0 Å². The summed E-state index contributed by atoms with van der Waals surface area (Å²) in [7, 11) is 3.91. The number of aryl methyl sites for hydroxylation is 1. The van der Waals surface area contributed by atoms with Gasteiger partial charge in [-0.15, -0.1) is 0 Å². The van der Waals surface area contributed by atoms with E-state index in [1.807, 2.05) is 74.6 Å². The van der Waals surface area contributed by atoms with Gasteiger partial charge >= 0.3 is 0 Å². The van der Waals surface area contributed by atoms with Crippen molar-refractivity contribution >= 4 is 28.6 Å². The Kier molecular flexibility index (Phi) is 7.31. The van der Waals surface area contributed by atoms with Gasteiger partial charge in [0.25, 0.3) is 0 Å². The number of rotatable bonds is 8. The number of likely N-dealkylation sites (tertiary alicyclic amines) is 1. The van der Waals surface area contributed by atoms with E-state index < -0.39 is 5.60 Å². The van der Waals surface area contributed by atoms with Crippen LogP contribution in [0.1, 0.15) is 24.0 Å². The molecular formula is C30H33N9O3. The predicted molar refractivity (Wildman–Crippen MR) is 158 cm³/mol. The number of anilines is 2. The van der Waals surface area contributed by atoms with Gasteiger partial charge in [0.05, 0.1) is 5.60 Å². The molecule has 1 amide bonds. The topological polar surface area (TPSA) is 125 Å². The number of likely N-dealkylation sites (N-methyl/N-ethyl adjacent to an activating group) is 1. The van der Waals surface area contributed by atoms with Crippen molar-refractivity contribution < 1.29 is 14.6 Å². The number of nitrogens with zero attached hydrogens (tertiary/aromatic N) is 8. The molecule has 2 N–H and O–H groups in total. The number of hydrogen-bond acceptors (Lipinski definition) is 9. The van der Waals surface area contributed by atoms with Gasteiger partial charge in [0.15, 0.2) is 11.5 Å². The Morgan fingerprint density at radius 1 is 1.07 bits per heavy atom. The maximum atomic E-state index is 12.6. The number of benzene rings is 1. The highest BCUT2D eigenvalue weighted by atomic mass is 16.5. The molecule has 0 radical (unpaired) electrons. The zero-order valence-corrected chi connectivity index (χ0v) is 23.8. The van der Waals surface area contributed by atoms with Crippen LogP contribution < -0.4 is 10.1 Å². The number of carbonyl (C=O) groups excluding carboxylic acids is 1. The zero-order valence-electron chi connectivity index (χ0n) is 23.8. The van der Waals surface area contributed by atoms with Crippen LogP contribution in [0.5, 0.6) is 11.5 Å². The number of nitrogens with one attached hydrogen (secondary N) is 1. The van der Waals surface area contributed by atoms with Gasteiger partial charge in [0.1, 0.15) is 29.7 Å². The lowest BCUT2D eigenvalue weighted by Crippen LogP contribution is -2.44. The number of aromatic nitrogens is 6. The van der Waals surface area contributed by atoms with E-state index in [-0.39, 0.29) is 5.91 Å². The normalized spacial score (nSPS) is 15.2. The first-order chi connectivity index (χ1) is 20.3. The van der Waals surface area contributed by atoms with E-state index in [0.29, 0.717) is 61.0 Å². The monoisotopic (exact) mass is 567 g/mol. The van der Waals surface area contributed by atoms with E-state index in [0.717, 1.165) is 16.8 Å². The number of fused-ring (bicyclic) bond motifs is 2. The summed E-state index contributed by atoms with van der Waals surface area (Å²) in [5.74, 6) is 1.93. The third-order valence-electron chi connectivity index (χ3n) is 7.51. The maximum Gasteiger partial charge on any atom is 0.246 e. The number of amides is 1. The molecule has 6 rings (SSSR count). The smallest absolute Gasteiger partial charge is 0.246 e. The molecule has 0 saturated carbocycles. The number of ether oxygens (including phenoxy) is 1. The SMILES string of the molecule is Cc1cc(Nc2ncnn3ccc(C4(O)CCN(C(=O)/C=C/CN(C)C)CC4)c23)ccc1Oc1ccn2ncnc2c1. The molecule has 42 heavy (non-hydrogen) atoms. The Bertz CT molecular complexity index is 1770. The zero-order chi connectivity index (χ0) is 29.3. The molecule has 1 aromatic carbocycles. The third-order valence-corrected chi connectivity index (χ3v) is 7.51. The fourth-order valence-corrected chi connectivity index (χ4v) is 5.22. The highest BCUT2D eigenvalue weighted by Gasteiger charge is 2.37. The second-order valence-electron chi connectivity index (χ2n) is 10.8. The number of carbonyl (C=O) groups is 1. The first-order valence-electron chi connectivity index (χ1n) is 13.8. The second kappa shape index (κ2) is 11.2. The summed E-state index contributed by atoms with van der Waals surface area (Å²) in [4.78, 5) is 25.1. The summed E-state index contributed by atoms with van der Waals surface area (Å²) >= 11 is 0. The molecule has 12 heteroatoms. The Morgan fingerprint density at radius 2 is 1.83 bits per heavy atom. The van der Waals surface area contributed by atoms with Gasteiger partial charge in [-0.25, -0.2) is 19.0 Å². The average Bonchev–Trinajstić information content (AvgIpc) is 3.63. The van der Waals surface area contributed by atoms with Crippen LogP contribution in [0.4, 0.5) is 11.5 Å². The van der Waals surface area contributed by atoms with Crippen molar-refractivity contribution in [2.45, 2.75) is 25.4 Å². The minimum Gasteiger partial charge on any atom is -0.457 e. The molecule has 0 aliphatic carbocycles. The summed E-state index contributed by atoms with van der Waals surface area (Å²) in [6.07, 6.45) is 10.9. The molecule has 0 spiro atoms. The van der Waals surface area contributed by atoms with E-state index in [1.54, 1.807) is 26.2 Å². The van der Waals surface area contributed by atoms with Crippen molar-refractivity contribution in [3.8, 4) is 11.5 Å². The standard InChI is InChI=1S/C30H33N9O3/c1-21-17-22(6-7-25(21)42-23-8-13-38-26(18-23)31-19-33-38)35-29-28-24(9-14-39(28)34-20-32-29)30(41)10-15-37(16-11-30)27(40)5-4-12-36(2)3/h4-9,13-14,17-20,41H,10-12,15-16H2,1-3H3,(H,32,34,35)/b5-4+. The predicted octanol–water partition coefficient (Wildman–Crippen LogP) is 3.54. The molecule has 12 nitrogen and oxygen atoms in total. The van der Waals surface area contributed by atoms with Gasteiger partial charge < -0.3 is 25.0 Å². The van der Waals surface area contributed by atoms with Crippen LogP contribution in [0.3, 0.4) is 0 Å². The molecular weight excluding hydrogens is 534 g/mol. The summed E-state index contributed by atoms with van der Waals surface area (Å²) in [5, 5.41) is 23.6. The molecule has 1 aliphatic rings. The first-order valence-corrected chi connectivity index (χ1v) is 13.8. The quantitative estimate of drug-likeness (QED) is 0.271. The van der Waals surface area contributed by atoms with Gasteiger partial charge in [-0.05, 0) is 69.8 Å². The Morgan fingerprint density at radius 3 is 2.62 bits per heavy atom. The van der Waals surface area contributed by atoms with Gasteiger partial charge in [-0.2, -0.15) is 10.2 Å². The van der Waals surface area contributed by atoms with Crippen molar-refractivity contribution in [3.05, 3.63) is 84.7 Å². The summed E-state index contributed by atoms with van der Waals surface area (Å²) < 4.78 is 9.51. The number of piperidine rings is 1. The highest BCUT2D eigenvalue weighted by molar-refractivity contribution is 5.87. The van der Waals surface area contributed by atoms with E-state index in [4.69, 9.17) is 4.74 Å². The van der Waals surface area contributed by atoms with E-state index in [9.17, 15) is 9.90 Å². The highest BCUT2D eigenvalue weighted by Crippen LogP contribution is 2.38. The summed E-state index contributed by atoms with van der Waals surface area (Å²) in [6, 6.07) is 11.4. The number of pyridine rings is 1. The molecule has 4 aromatic heterocycles. The number of hydrogen-bond donors (Lipinski definition) is 2. The molecule has 0 bridgehead atoms. The Hall–Kier alpha value is -4.81. The molecule has 0 atom stereocenters. The molecule has 0 unspecified atom stereocenters. The van der Waals surface area contributed by atoms with Crippen molar-refractivity contribution in [2.24, 2.45) is 0 Å². The minimum absolute atomic E-state index is 0.0341. The molecule has 5 heterocycles. The van der Waals surface area contributed by atoms with Gasteiger partial charge in [-0.3, -0.25) is 4.79 Å². The van der Waals surface area contributed by atoms with Gasteiger partial charge in [-0.1, -0.05) is 6.08 Å². The van der Waals surface area contributed by atoms with Crippen LogP contribution >= 0.6 is 0 Å². The Labute approximate surface area is 242 Å². The lowest BCUT2D eigenvalue weighted by Gasteiger charge is -2.38. The molecule has 1 aliphatic heterocycles. The fraction of sp³-hybridized carbons (Fsp3) is 0.300.